The van der Waals surface area contributed by atoms with Crippen LogP contribution in [0.15, 0.2) is 36.7 Å². The Morgan fingerprint density at radius 1 is 1.11 bits per heavy atom. The summed E-state index contributed by atoms with van der Waals surface area (Å²) in [5, 5.41) is 3.02. The molecule has 0 spiro atoms. The molecule has 1 aromatic carbocycles. The third kappa shape index (κ3) is 3.54. The zero-order chi connectivity index (χ0) is 19.0. The molecule has 1 amide bonds. The molecule has 2 aliphatic heterocycles. The standard InChI is InChI=1S/C18H18F3N5O/c19-18(20,21)11-26-15(24-14-6-2-1-5-13(14)16(26)27)12-9-22-17(23-10-12)25-7-3-4-8-25/h1-2,5-6,9-10,15,24H,3-4,7-8,11H2. The Labute approximate surface area is 154 Å². The predicted octanol–water partition coefficient (Wildman–Crippen LogP) is 3.21. The van der Waals surface area contributed by atoms with Gasteiger partial charge in [0.05, 0.1) is 5.56 Å². The van der Waals surface area contributed by atoms with E-state index in [9.17, 15) is 18.0 Å². The van der Waals surface area contributed by atoms with E-state index in [-0.39, 0.29) is 5.56 Å². The first-order chi connectivity index (χ1) is 12.9. The minimum Gasteiger partial charge on any atom is -0.361 e. The lowest BCUT2D eigenvalue weighted by molar-refractivity contribution is -0.144. The van der Waals surface area contributed by atoms with Gasteiger partial charge in [0.1, 0.15) is 12.7 Å². The number of benzene rings is 1. The average Bonchev–Trinajstić information content (AvgIpc) is 3.18. The van der Waals surface area contributed by atoms with Gasteiger partial charge in [-0.05, 0) is 25.0 Å². The Balaban J connectivity index is 1.67. The highest BCUT2D eigenvalue weighted by Crippen LogP contribution is 2.35. The topological polar surface area (TPSA) is 61.4 Å². The Morgan fingerprint density at radius 2 is 1.78 bits per heavy atom. The van der Waals surface area contributed by atoms with Gasteiger partial charge in [0.15, 0.2) is 0 Å². The number of hydrogen-bond donors (Lipinski definition) is 1. The van der Waals surface area contributed by atoms with E-state index >= 15 is 0 Å². The maximum absolute atomic E-state index is 13.1. The van der Waals surface area contributed by atoms with Crippen molar-refractivity contribution in [2.24, 2.45) is 0 Å². The third-order valence-corrected chi connectivity index (χ3v) is 4.73. The van der Waals surface area contributed by atoms with Crippen LogP contribution in [0, 0.1) is 0 Å². The van der Waals surface area contributed by atoms with Gasteiger partial charge in [-0.1, -0.05) is 12.1 Å². The lowest BCUT2D eigenvalue weighted by Crippen LogP contribution is -2.47. The second kappa shape index (κ2) is 6.71. The highest BCUT2D eigenvalue weighted by molar-refractivity contribution is 6.01. The normalized spacial score (nSPS) is 19.8. The second-order valence-corrected chi connectivity index (χ2v) is 6.65. The van der Waals surface area contributed by atoms with E-state index in [0.29, 0.717) is 17.2 Å². The maximum Gasteiger partial charge on any atom is 0.406 e. The number of aromatic nitrogens is 2. The van der Waals surface area contributed by atoms with Gasteiger partial charge in [0.2, 0.25) is 5.95 Å². The van der Waals surface area contributed by atoms with Crippen molar-refractivity contribution in [1.82, 2.24) is 14.9 Å². The molecular formula is C18H18F3N5O. The number of carbonyl (C=O) groups excluding carboxylic acids is 1. The Morgan fingerprint density at radius 3 is 2.44 bits per heavy atom. The monoisotopic (exact) mass is 377 g/mol. The van der Waals surface area contributed by atoms with Crippen LogP contribution in [0.3, 0.4) is 0 Å². The molecule has 0 bridgehead atoms. The molecule has 3 heterocycles. The highest BCUT2D eigenvalue weighted by Gasteiger charge is 2.40. The van der Waals surface area contributed by atoms with Crippen LogP contribution in [0.1, 0.15) is 34.9 Å². The molecule has 4 rings (SSSR count). The summed E-state index contributed by atoms with van der Waals surface area (Å²) in [7, 11) is 0. The van der Waals surface area contributed by atoms with Crippen LogP contribution in [0.5, 0.6) is 0 Å². The molecular weight excluding hydrogens is 359 g/mol. The number of anilines is 2. The third-order valence-electron chi connectivity index (χ3n) is 4.73. The van der Waals surface area contributed by atoms with Crippen molar-refractivity contribution in [2.75, 3.05) is 29.9 Å². The lowest BCUT2D eigenvalue weighted by atomic mass is 10.1. The number of nitrogens with zero attached hydrogens (tertiary/aromatic N) is 4. The number of para-hydroxylation sites is 1. The summed E-state index contributed by atoms with van der Waals surface area (Å²) in [6.07, 6.45) is -0.383. The van der Waals surface area contributed by atoms with Crippen molar-refractivity contribution >= 4 is 17.5 Å². The van der Waals surface area contributed by atoms with E-state index in [1.54, 1.807) is 18.2 Å². The number of alkyl halides is 3. The van der Waals surface area contributed by atoms with E-state index in [2.05, 4.69) is 15.3 Å². The fourth-order valence-corrected chi connectivity index (χ4v) is 3.47. The molecule has 27 heavy (non-hydrogen) atoms. The average molecular weight is 377 g/mol. The molecule has 1 aromatic heterocycles. The van der Waals surface area contributed by atoms with Gasteiger partial charge >= 0.3 is 6.18 Å². The van der Waals surface area contributed by atoms with E-state index in [1.807, 2.05) is 4.90 Å². The second-order valence-electron chi connectivity index (χ2n) is 6.65. The van der Waals surface area contributed by atoms with Gasteiger partial charge in [-0.3, -0.25) is 4.79 Å². The molecule has 0 saturated carbocycles. The van der Waals surface area contributed by atoms with Crippen LogP contribution in [-0.4, -0.2) is 46.6 Å². The SMILES string of the molecule is O=C1c2ccccc2NC(c2cnc(N3CCCC3)nc2)N1CC(F)(F)F. The summed E-state index contributed by atoms with van der Waals surface area (Å²) in [6.45, 7) is 0.381. The Hall–Kier alpha value is -2.84. The first-order valence-electron chi connectivity index (χ1n) is 8.72. The molecule has 1 fully saturated rings. The minimum absolute atomic E-state index is 0.215. The molecule has 0 aliphatic carbocycles. The van der Waals surface area contributed by atoms with Crippen molar-refractivity contribution in [1.29, 1.82) is 0 Å². The number of nitrogens with one attached hydrogen (secondary N) is 1. The molecule has 1 saturated heterocycles. The van der Waals surface area contributed by atoms with Crippen molar-refractivity contribution in [3.05, 3.63) is 47.8 Å². The molecule has 1 unspecified atom stereocenters. The van der Waals surface area contributed by atoms with Gasteiger partial charge in [-0.25, -0.2) is 9.97 Å². The number of fused-ring (bicyclic) bond motifs is 1. The maximum atomic E-state index is 13.1. The van der Waals surface area contributed by atoms with Crippen molar-refractivity contribution < 1.29 is 18.0 Å². The van der Waals surface area contributed by atoms with E-state index in [1.165, 1.54) is 18.5 Å². The summed E-state index contributed by atoms with van der Waals surface area (Å²) in [5.74, 6) is -0.114. The fraction of sp³-hybridized carbons (Fsp3) is 0.389. The smallest absolute Gasteiger partial charge is 0.361 e. The largest absolute Gasteiger partial charge is 0.406 e. The van der Waals surface area contributed by atoms with E-state index in [0.717, 1.165) is 30.8 Å². The van der Waals surface area contributed by atoms with Gasteiger partial charge in [0, 0.05) is 36.7 Å². The number of halogens is 3. The first-order valence-corrected chi connectivity index (χ1v) is 8.72. The number of amides is 1. The first kappa shape index (κ1) is 17.6. The Bertz CT molecular complexity index is 834. The van der Waals surface area contributed by atoms with Crippen molar-refractivity contribution in [3.63, 3.8) is 0 Å². The summed E-state index contributed by atoms with van der Waals surface area (Å²) in [6, 6.07) is 6.53. The molecule has 9 heteroatoms. The quantitative estimate of drug-likeness (QED) is 0.890. The zero-order valence-corrected chi connectivity index (χ0v) is 14.4. The van der Waals surface area contributed by atoms with E-state index in [4.69, 9.17) is 0 Å². The zero-order valence-electron chi connectivity index (χ0n) is 14.4. The summed E-state index contributed by atoms with van der Waals surface area (Å²) in [5.41, 5.74) is 1.12. The van der Waals surface area contributed by atoms with Gasteiger partial charge in [-0.15, -0.1) is 0 Å². The molecule has 142 valence electrons. The lowest BCUT2D eigenvalue weighted by Gasteiger charge is -2.38. The summed E-state index contributed by atoms with van der Waals surface area (Å²) < 4.78 is 39.3. The number of rotatable bonds is 3. The molecule has 6 nitrogen and oxygen atoms in total. The predicted molar refractivity (Wildman–Crippen MR) is 93.4 cm³/mol. The van der Waals surface area contributed by atoms with Crippen LogP contribution in [0.4, 0.5) is 24.8 Å². The molecule has 2 aromatic rings. The number of carbonyl (C=O) groups is 1. The highest BCUT2D eigenvalue weighted by atomic mass is 19.4. The minimum atomic E-state index is -4.52. The molecule has 0 radical (unpaired) electrons. The number of hydrogen-bond acceptors (Lipinski definition) is 5. The van der Waals surface area contributed by atoms with Crippen molar-refractivity contribution in [3.8, 4) is 0 Å². The van der Waals surface area contributed by atoms with Crippen LogP contribution in [0.2, 0.25) is 0 Å². The van der Waals surface area contributed by atoms with Crippen LogP contribution in [0.25, 0.3) is 0 Å². The summed E-state index contributed by atoms with van der Waals surface area (Å²) in [4.78, 5) is 24.1. The van der Waals surface area contributed by atoms with Crippen LogP contribution < -0.4 is 10.2 Å². The van der Waals surface area contributed by atoms with Crippen LogP contribution in [-0.2, 0) is 0 Å². The van der Waals surface area contributed by atoms with E-state index < -0.39 is 24.8 Å². The molecule has 1 atom stereocenters. The van der Waals surface area contributed by atoms with Gasteiger partial charge in [-0.2, -0.15) is 13.2 Å². The Kier molecular flexibility index (Phi) is 4.37. The van der Waals surface area contributed by atoms with Gasteiger partial charge < -0.3 is 15.1 Å². The van der Waals surface area contributed by atoms with Crippen LogP contribution >= 0.6 is 0 Å². The molecule has 1 N–H and O–H groups in total. The molecule has 2 aliphatic rings. The van der Waals surface area contributed by atoms with Crippen molar-refractivity contribution in [2.45, 2.75) is 25.2 Å². The summed E-state index contributed by atoms with van der Waals surface area (Å²) >= 11 is 0. The van der Waals surface area contributed by atoms with Gasteiger partial charge in [0.25, 0.3) is 5.91 Å². The fourth-order valence-electron chi connectivity index (χ4n) is 3.47.